The van der Waals surface area contributed by atoms with Crippen LogP contribution in [0.15, 0.2) is 72.8 Å². The highest BCUT2D eigenvalue weighted by atomic mass is 35.5. The van der Waals surface area contributed by atoms with Crippen LogP contribution in [-0.2, 0) is 16.0 Å². The number of halogens is 1. The summed E-state index contributed by atoms with van der Waals surface area (Å²) in [6, 6.07) is 19.2. The zero-order chi connectivity index (χ0) is 24.2. The van der Waals surface area contributed by atoms with Crippen molar-refractivity contribution in [2.24, 2.45) is 0 Å². The topological polar surface area (TPSA) is 95.6 Å². The second-order valence-electron chi connectivity index (χ2n) is 7.82. The Labute approximate surface area is 201 Å². The Hall–Kier alpha value is -3.97. The third-order valence-corrected chi connectivity index (χ3v) is 5.87. The van der Waals surface area contributed by atoms with E-state index in [9.17, 15) is 19.2 Å². The Morgan fingerprint density at radius 3 is 2.12 bits per heavy atom. The van der Waals surface area contributed by atoms with Gasteiger partial charge in [-0.15, -0.1) is 0 Å². The summed E-state index contributed by atoms with van der Waals surface area (Å²) in [5.41, 5.74) is 2.04. The van der Waals surface area contributed by atoms with E-state index in [2.05, 4.69) is 10.6 Å². The number of nitrogens with one attached hydrogen (secondary N) is 2. The Bertz CT molecular complexity index is 1240. The smallest absolute Gasteiger partial charge is 0.262 e. The molecule has 2 N–H and O–H groups in total. The van der Waals surface area contributed by atoms with Crippen LogP contribution in [0.3, 0.4) is 0 Å². The molecule has 0 aliphatic carbocycles. The lowest BCUT2D eigenvalue weighted by atomic mass is 10.0. The summed E-state index contributed by atoms with van der Waals surface area (Å²) in [4.78, 5) is 52.5. The van der Waals surface area contributed by atoms with E-state index in [1.165, 1.54) is 6.07 Å². The van der Waals surface area contributed by atoms with Gasteiger partial charge in [0, 0.05) is 18.5 Å². The van der Waals surface area contributed by atoms with Gasteiger partial charge in [-0.3, -0.25) is 24.1 Å². The largest absolute Gasteiger partial charge is 0.326 e. The van der Waals surface area contributed by atoms with Crippen molar-refractivity contribution in [3.63, 3.8) is 0 Å². The van der Waals surface area contributed by atoms with Gasteiger partial charge >= 0.3 is 0 Å². The number of amides is 4. The van der Waals surface area contributed by atoms with E-state index in [4.69, 9.17) is 11.6 Å². The molecular weight excluding hydrogens is 454 g/mol. The lowest BCUT2D eigenvalue weighted by molar-refractivity contribution is -0.120. The lowest BCUT2D eigenvalue weighted by Gasteiger charge is -2.26. The number of carbonyl (C=O) groups excluding carboxylic acids is 4. The van der Waals surface area contributed by atoms with Crippen LogP contribution in [0.5, 0.6) is 0 Å². The summed E-state index contributed by atoms with van der Waals surface area (Å²) >= 11 is 6.29. The van der Waals surface area contributed by atoms with Crippen molar-refractivity contribution in [2.75, 3.05) is 10.6 Å². The average molecular weight is 476 g/mol. The molecule has 4 amide bonds. The van der Waals surface area contributed by atoms with E-state index in [0.717, 1.165) is 10.5 Å². The molecule has 172 valence electrons. The molecule has 0 spiro atoms. The maximum atomic E-state index is 13.5. The van der Waals surface area contributed by atoms with E-state index >= 15 is 0 Å². The van der Waals surface area contributed by atoms with Gasteiger partial charge in [-0.05, 0) is 35.9 Å². The minimum absolute atomic E-state index is 0.127. The predicted octanol–water partition coefficient (Wildman–Crippen LogP) is 4.53. The minimum atomic E-state index is -1.11. The molecule has 0 bridgehead atoms. The maximum absolute atomic E-state index is 13.5. The monoisotopic (exact) mass is 475 g/mol. The van der Waals surface area contributed by atoms with Crippen molar-refractivity contribution in [3.8, 4) is 0 Å². The van der Waals surface area contributed by atoms with E-state index in [1.54, 1.807) is 43.3 Å². The standard InChI is InChI=1S/C26H22ClN3O4/c1-2-23(31)28-17-12-13-20(27)21(15-17)29-24(32)22(14-16-8-4-3-5-9-16)30-25(33)18-10-6-7-11-19(18)26(30)34/h3-13,15,22H,2,14H2,1H3,(H,28,31)(H,29,32). The Morgan fingerprint density at radius 1 is 0.882 bits per heavy atom. The quantitative estimate of drug-likeness (QED) is 0.490. The number of hydrogen-bond donors (Lipinski definition) is 2. The van der Waals surface area contributed by atoms with Gasteiger partial charge in [0.2, 0.25) is 11.8 Å². The summed E-state index contributed by atoms with van der Waals surface area (Å²) in [5.74, 6) is -1.80. The Kier molecular flexibility index (Phi) is 6.75. The molecule has 0 aromatic heterocycles. The van der Waals surface area contributed by atoms with Gasteiger partial charge in [0.1, 0.15) is 6.04 Å². The number of nitrogens with zero attached hydrogens (tertiary/aromatic N) is 1. The zero-order valence-corrected chi connectivity index (χ0v) is 19.1. The van der Waals surface area contributed by atoms with Crippen molar-refractivity contribution in [2.45, 2.75) is 25.8 Å². The van der Waals surface area contributed by atoms with Crippen LogP contribution in [0.1, 0.15) is 39.6 Å². The van der Waals surface area contributed by atoms with E-state index < -0.39 is 23.8 Å². The fourth-order valence-electron chi connectivity index (χ4n) is 3.79. The van der Waals surface area contributed by atoms with Crippen molar-refractivity contribution >= 4 is 46.6 Å². The van der Waals surface area contributed by atoms with Crippen molar-refractivity contribution in [3.05, 3.63) is 94.5 Å². The fraction of sp³-hybridized carbons (Fsp3) is 0.154. The summed E-state index contributed by atoms with van der Waals surface area (Å²) in [7, 11) is 0. The molecule has 1 aliphatic rings. The van der Waals surface area contributed by atoms with Crippen LogP contribution in [-0.4, -0.2) is 34.6 Å². The predicted molar refractivity (Wildman–Crippen MR) is 130 cm³/mol. The van der Waals surface area contributed by atoms with Gasteiger partial charge in [-0.2, -0.15) is 0 Å². The van der Waals surface area contributed by atoms with Gasteiger partial charge in [-0.1, -0.05) is 61.0 Å². The molecule has 0 saturated carbocycles. The SMILES string of the molecule is CCC(=O)Nc1ccc(Cl)c(NC(=O)C(Cc2ccccc2)N2C(=O)c3ccccc3C2=O)c1. The van der Waals surface area contributed by atoms with Gasteiger partial charge in [0.15, 0.2) is 0 Å². The zero-order valence-electron chi connectivity index (χ0n) is 18.4. The van der Waals surface area contributed by atoms with Crippen LogP contribution >= 0.6 is 11.6 Å². The van der Waals surface area contributed by atoms with Crippen molar-refractivity contribution in [1.29, 1.82) is 0 Å². The van der Waals surface area contributed by atoms with Crippen molar-refractivity contribution < 1.29 is 19.2 Å². The molecule has 7 nitrogen and oxygen atoms in total. The highest BCUT2D eigenvalue weighted by Gasteiger charge is 2.42. The molecule has 4 rings (SSSR count). The number of benzene rings is 3. The third kappa shape index (κ3) is 4.70. The molecule has 0 radical (unpaired) electrons. The number of rotatable bonds is 7. The first kappa shape index (κ1) is 23.2. The summed E-state index contributed by atoms with van der Waals surface area (Å²) < 4.78 is 0. The second kappa shape index (κ2) is 9.89. The molecule has 1 aliphatic heterocycles. The van der Waals surface area contributed by atoms with Gasteiger partial charge in [0.05, 0.1) is 21.8 Å². The van der Waals surface area contributed by atoms with Crippen LogP contribution < -0.4 is 10.6 Å². The van der Waals surface area contributed by atoms with Crippen LogP contribution in [0.25, 0.3) is 0 Å². The highest BCUT2D eigenvalue weighted by molar-refractivity contribution is 6.34. The van der Waals surface area contributed by atoms with Gasteiger partial charge in [0.25, 0.3) is 11.8 Å². The van der Waals surface area contributed by atoms with Gasteiger partial charge in [-0.25, -0.2) is 0 Å². The van der Waals surface area contributed by atoms with E-state index in [0.29, 0.717) is 12.1 Å². The molecule has 0 saturated heterocycles. The summed E-state index contributed by atoms with van der Waals surface area (Å²) in [6.07, 6.45) is 0.422. The first-order chi connectivity index (χ1) is 16.4. The highest BCUT2D eigenvalue weighted by Crippen LogP contribution is 2.29. The third-order valence-electron chi connectivity index (χ3n) is 5.54. The second-order valence-corrected chi connectivity index (χ2v) is 8.22. The normalized spacial score (nSPS) is 13.4. The van der Waals surface area contributed by atoms with Gasteiger partial charge < -0.3 is 10.6 Å². The maximum Gasteiger partial charge on any atom is 0.262 e. The van der Waals surface area contributed by atoms with E-state index in [1.807, 2.05) is 30.3 Å². The molecule has 34 heavy (non-hydrogen) atoms. The molecule has 3 aromatic rings. The number of hydrogen-bond acceptors (Lipinski definition) is 4. The van der Waals surface area contributed by atoms with Crippen LogP contribution in [0.2, 0.25) is 5.02 Å². The summed E-state index contributed by atoms with van der Waals surface area (Å²) in [5, 5.41) is 5.71. The van der Waals surface area contributed by atoms with Crippen LogP contribution in [0, 0.1) is 0 Å². The first-order valence-electron chi connectivity index (χ1n) is 10.8. The Morgan fingerprint density at radius 2 is 1.50 bits per heavy atom. The molecule has 1 unspecified atom stereocenters. The summed E-state index contributed by atoms with van der Waals surface area (Å²) in [6.45, 7) is 1.73. The Balaban J connectivity index is 1.66. The minimum Gasteiger partial charge on any atom is -0.326 e. The average Bonchev–Trinajstić information content (AvgIpc) is 3.10. The number of anilines is 2. The fourth-order valence-corrected chi connectivity index (χ4v) is 3.96. The first-order valence-corrected chi connectivity index (χ1v) is 11.2. The molecule has 0 fully saturated rings. The number of carbonyl (C=O) groups is 4. The molecule has 3 aromatic carbocycles. The number of imide groups is 1. The molecule has 1 heterocycles. The molecular formula is C26H22ClN3O4. The number of fused-ring (bicyclic) bond motifs is 1. The van der Waals surface area contributed by atoms with Crippen molar-refractivity contribution in [1.82, 2.24) is 4.90 Å². The lowest BCUT2D eigenvalue weighted by Crippen LogP contribution is -2.48. The molecule has 8 heteroatoms. The molecule has 1 atom stereocenters. The van der Waals surface area contributed by atoms with E-state index in [-0.39, 0.29) is 34.2 Å². The van der Waals surface area contributed by atoms with Crippen LogP contribution in [0.4, 0.5) is 11.4 Å².